The molecule has 2 aromatic rings. The van der Waals surface area contributed by atoms with E-state index in [1.807, 2.05) is 68.5 Å². The van der Waals surface area contributed by atoms with Crippen LogP contribution in [0.5, 0.6) is 0 Å². The van der Waals surface area contributed by atoms with Crippen LogP contribution in [0.15, 0.2) is 54.6 Å². The number of benzene rings is 2. The molecule has 1 spiro atoms. The van der Waals surface area contributed by atoms with Crippen molar-refractivity contribution in [2.75, 3.05) is 11.4 Å². The molecule has 5 nitrogen and oxygen atoms in total. The van der Waals surface area contributed by atoms with Crippen molar-refractivity contribution >= 4 is 28.3 Å². The smallest absolute Gasteiger partial charge is 0.313 e. The lowest BCUT2D eigenvalue weighted by Crippen LogP contribution is -2.40. The second-order valence-corrected chi connectivity index (χ2v) is 7.81. The van der Waals surface area contributed by atoms with E-state index in [0.29, 0.717) is 6.54 Å². The normalized spacial score (nSPS) is 31.1. The molecule has 0 aliphatic carbocycles. The maximum atomic E-state index is 13.4. The molecule has 3 heterocycles. The largest absolute Gasteiger partial charge is 0.463 e. The van der Waals surface area contributed by atoms with E-state index < -0.39 is 17.4 Å². The molecule has 138 valence electrons. The molecule has 5 rings (SSSR count). The molecule has 1 unspecified atom stereocenters. The van der Waals surface area contributed by atoms with Crippen LogP contribution < -0.4 is 4.90 Å². The molecule has 4 atom stereocenters. The van der Waals surface area contributed by atoms with E-state index in [1.54, 1.807) is 4.90 Å². The van der Waals surface area contributed by atoms with Crippen LogP contribution in [-0.4, -0.2) is 36.2 Å². The molecule has 0 radical (unpaired) electrons. The SMILES string of the molecule is CC(C)OC(=O)C1[C@H]2C(=O)N(c3cccc4ccccc34)C[C@]23C=C[C@H]1O3. The molecule has 2 bridgehead atoms. The number of rotatable bonds is 3. The Morgan fingerprint density at radius 3 is 2.81 bits per heavy atom. The Balaban J connectivity index is 1.55. The highest BCUT2D eigenvalue weighted by molar-refractivity contribution is 6.08. The number of carbonyl (C=O) groups excluding carboxylic acids is 2. The number of amides is 1. The van der Waals surface area contributed by atoms with Crippen LogP contribution in [0.2, 0.25) is 0 Å². The number of esters is 1. The summed E-state index contributed by atoms with van der Waals surface area (Å²) < 4.78 is 11.6. The molecular formula is C22H21NO4. The lowest BCUT2D eigenvalue weighted by atomic mass is 9.77. The van der Waals surface area contributed by atoms with Gasteiger partial charge in [0.25, 0.3) is 0 Å². The summed E-state index contributed by atoms with van der Waals surface area (Å²) in [7, 11) is 0. The first kappa shape index (κ1) is 16.5. The van der Waals surface area contributed by atoms with Gasteiger partial charge in [-0.05, 0) is 25.3 Å². The summed E-state index contributed by atoms with van der Waals surface area (Å²) in [4.78, 5) is 27.9. The fraction of sp³-hybridized carbons (Fsp3) is 0.364. The van der Waals surface area contributed by atoms with Gasteiger partial charge in [0, 0.05) is 5.39 Å². The Bertz CT molecular complexity index is 976. The summed E-state index contributed by atoms with van der Waals surface area (Å²) in [5.74, 6) is -1.52. The third-order valence-corrected chi connectivity index (χ3v) is 5.78. The Hall–Kier alpha value is -2.66. The topological polar surface area (TPSA) is 55.8 Å². The summed E-state index contributed by atoms with van der Waals surface area (Å²) in [6.45, 7) is 4.05. The fourth-order valence-corrected chi connectivity index (χ4v) is 4.73. The minimum Gasteiger partial charge on any atom is -0.463 e. The van der Waals surface area contributed by atoms with Crippen LogP contribution in [0.3, 0.4) is 0 Å². The zero-order chi connectivity index (χ0) is 18.8. The van der Waals surface area contributed by atoms with Gasteiger partial charge < -0.3 is 14.4 Å². The number of ether oxygens (including phenoxy) is 2. The van der Waals surface area contributed by atoms with Crippen molar-refractivity contribution in [2.45, 2.75) is 31.7 Å². The van der Waals surface area contributed by atoms with E-state index in [2.05, 4.69) is 0 Å². The summed E-state index contributed by atoms with van der Waals surface area (Å²) in [6.07, 6.45) is 3.27. The van der Waals surface area contributed by atoms with E-state index in [0.717, 1.165) is 16.5 Å². The first-order valence-corrected chi connectivity index (χ1v) is 9.37. The van der Waals surface area contributed by atoms with Crippen LogP contribution in [0.1, 0.15) is 13.8 Å². The van der Waals surface area contributed by atoms with Crippen molar-refractivity contribution in [3.63, 3.8) is 0 Å². The van der Waals surface area contributed by atoms with Gasteiger partial charge in [-0.3, -0.25) is 9.59 Å². The minimum atomic E-state index is -0.737. The molecule has 0 N–H and O–H groups in total. The van der Waals surface area contributed by atoms with Gasteiger partial charge >= 0.3 is 5.97 Å². The molecular weight excluding hydrogens is 342 g/mol. The zero-order valence-electron chi connectivity index (χ0n) is 15.3. The van der Waals surface area contributed by atoms with E-state index in [9.17, 15) is 9.59 Å². The number of fused-ring (bicyclic) bond motifs is 2. The summed E-state index contributed by atoms with van der Waals surface area (Å²) in [6, 6.07) is 13.9. The Kier molecular flexibility index (Phi) is 3.46. The summed E-state index contributed by atoms with van der Waals surface area (Å²) in [5.41, 5.74) is 0.123. The summed E-state index contributed by atoms with van der Waals surface area (Å²) in [5, 5.41) is 2.10. The van der Waals surface area contributed by atoms with Gasteiger partial charge in [0.2, 0.25) is 5.91 Å². The zero-order valence-corrected chi connectivity index (χ0v) is 15.3. The van der Waals surface area contributed by atoms with Crippen LogP contribution in [0.25, 0.3) is 10.8 Å². The van der Waals surface area contributed by atoms with Crippen molar-refractivity contribution in [3.05, 3.63) is 54.6 Å². The molecule has 3 aliphatic rings. The first-order chi connectivity index (χ1) is 13.0. The van der Waals surface area contributed by atoms with Crippen molar-refractivity contribution in [1.82, 2.24) is 0 Å². The first-order valence-electron chi connectivity index (χ1n) is 9.37. The second-order valence-electron chi connectivity index (χ2n) is 7.81. The maximum absolute atomic E-state index is 13.4. The highest BCUT2D eigenvalue weighted by Crippen LogP contribution is 2.53. The van der Waals surface area contributed by atoms with Gasteiger partial charge in [0.1, 0.15) is 11.5 Å². The third-order valence-electron chi connectivity index (χ3n) is 5.78. The van der Waals surface area contributed by atoms with Gasteiger partial charge in [-0.15, -0.1) is 0 Å². The Morgan fingerprint density at radius 1 is 1.22 bits per heavy atom. The number of hydrogen-bond acceptors (Lipinski definition) is 4. The fourth-order valence-electron chi connectivity index (χ4n) is 4.73. The van der Waals surface area contributed by atoms with Crippen LogP contribution >= 0.6 is 0 Å². The quantitative estimate of drug-likeness (QED) is 0.621. The molecule has 0 aromatic heterocycles. The molecule has 5 heteroatoms. The van der Waals surface area contributed by atoms with Crippen molar-refractivity contribution in [2.24, 2.45) is 11.8 Å². The number of anilines is 1. The highest BCUT2D eigenvalue weighted by atomic mass is 16.6. The number of hydrogen-bond donors (Lipinski definition) is 0. The second kappa shape index (κ2) is 5.67. The standard InChI is InChI=1S/C22H21NO4/c1-13(2)26-21(25)18-17-10-11-22(27-17)12-23(20(24)19(18)22)16-9-5-7-14-6-3-4-8-15(14)16/h3-11,13,17-19H,12H2,1-2H3/t17-,18?,19+,22-/m1/s1. The third kappa shape index (κ3) is 2.28. The predicted molar refractivity (Wildman–Crippen MR) is 101 cm³/mol. The Labute approximate surface area is 157 Å². The number of nitrogens with zero attached hydrogens (tertiary/aromatic N) is 1. The highest BCUT2D eigenvalue weighted by Gasteiger charge is 2.67. The molecule has 3 aliphatic heterocycles. The molecule has 0 saturated carbocycles. The number of carbonyl (C=O) groups is 2. The van der Waals surface area contributed by atoms with Crippen LogP contribution in [0, 0.1) is 11.8 Å². The molecule has 27 heavy (non-hydrogen) atoms. The minimum absolute atomic E-state index is 0.0658. The average molecular weight is 363 g/mol. The lowest BCUT2D eigenvalue weighted by molar-refractivity contribution is -0.156. The van der Waals surface area contributed by atoms with Crippen molar-refractivity contribution < 1.29 is 19.1 Å². The van der Waals surface area contributed by atoms with Gasteiger partial charge in [-0.2, -0.15) is 0 Å². The van der Waals surface area contributed by atoms with Crippen molar-refractivity contribution in [1.29, 1.82) is 0 Å². The van der Waals surface area contributed by atoms with Crippen molar-refractivity contribution in [3.8, 4) is 0 Å². The van der Waals surface area contributed by atoms with E-state index in [1.165, 1.54) is 0 Å². The monoisotopic (exact) mass is 363 g/mol. The van der Waals surface area contributed by atoms with Gasteiger partial charge in [0.15, 0.2) is 0 Å². The average Bonchev–Trinajstić information content (AvgIpc) is 3.29. The molecule has 2 fully saturated rings. The molecule has 1 amide bonds. The van der Waals surface area contributed by atoms with E-state index in [4.69, 9.17) is 9.47 Å². The van der Waals surface area contributed by atoms with Gasteiger partial charge in [-0.25, -0.2) is 0 Å². The predicted octanol–water partition coefficient (Wildman–Crippen LogP) is 3.08. The van der Waals surface area contributed by atoms with Gasteiger partial charge in [-0.1, -0.05) is 48.6 Å². The Morgan fingerprint density at radius 2 is 2.00 bits per heavy atom. The summed E-state index contributed by atoms with van der Waals surface area (Å²) >= 11 is 0. The van der Waals surface area contributed by atoms with Gasteiger partial charge in [0.05, 0.1) is 30.4 Å². The van der Waals surface area contributed by atoms with Crippen LogP contribution in [-0.2, 0) is 19.1 Å². The lowest BCUT2D eigenvalue weighted by Gasteiger charge is -2.23. The van der Waals surface area contributed by atoms with E-state index >= 15 is 0 Å². The molecule has 2 aromatic carbocycles. The maximum Gasteiger partial charge on any atom is 0.313 e. The van der Waals surface area contributed by atoms with E-state index in [-0.39, 0.29) is 24.1 Å². The van der Waals surface area contributed by atoms with Crippen LogP contribution in [0.4, 0.5) is 5.69 Å². The molecule has 2 saturated heterocycles.